The summed E-state index contributed by atoms with van der Waals surface area (Å²) in [6.45, 7) is 4.36. The van der Waals surface area contributed by atoms with E-state index in [0.717, 1.165) is 22.4 Å². The Labute approximate surface area is 137 Å². The van der Waals surface area contributed by atoms with Crippen LogP contribution >= 0.6 is 24.8 Å². The second-order valence-corrected chi connectivity index (χ2v) is 4.49. The zero-order chi connectivity index (χ0) is 13.8. The summed E-state index contributed by atoms with van der Waals surface area (Å²) < 4.78 is 0. The lowest BCUT2D eigenvalue weighted by molar-refractivity contribution is 0.102. The fourth-order valence-corrected chi connectivity index (χ4v) is 1.97. The Balaban J connectivity index is 0.00000200. The lowest BCUT2D eigenvalue weighted by Crippen LogP contribution is -2.14. The number of amides is 1. The minimum atomic E-state index is -0.115. The van der Waals surface area contributed by atoms with Gasteiger partial charge >= 0.3 is 0 Å². The molecule has 0 aliphatic heterocycles. The van der Waals surface area contributed by atoms with Gasteiger partial charge in [-0.3, -0.25) is 9.78 Å². The molecule has 0 saturated carbocycles. The maximum absolute atomic E-state index is 12.2. The van der Waals surface area contributed by atoms with Crippen LogP contribution in [-0.4, -0.2) is 10.9 Å². The van der Waals surface area contributed by atoms with Gasteiger partial charge in [-0.25, -0.2) is 0 Å². The number of anilines is 1. The number of halogens is 2. The summed E-state index contributed by atoms with van der Waals surface area (Å²) in [7, 11) is 0. The molecule has 2 aromatic rings. The normalized spacial score (nSPS) is 9.29. The Kier molecular flexibility index (Phi) is 7.95. The molecule has 1 amide bonds. The molecule has 0 aliphatic carbocycles. The van der Waals surface area contributed by atoms with E-state index in [2.05, 4.69) is 10.3 Å². The molecule has 2 rings (SSSR count). The highest BCUT2D eigenvalue weighted by Crippen LogP contribution is 2.17. The smallest absolute Gasteiger partial charge is 0.255 e. The van der Waals surface area contributed by atoms with Crippen molar-refractivity contribution in [3.63, 3.8) is 0 Å². The van der Waals surface area contributed by atoms with Crippen molar-refractivity contribution in [1.29, 1.82) is 0 Å². The van der Waals surface area contributed by atoms with E-state index in [-0.39, 0.29) is 30.7 Å². The number of aryl methyl sites for hydroxylation is 2. The van der Waals surface area contributed by atoms with Gasteiger partial charge in [0.2, 0.25) is 0 Å². The summed E-state index contributed by atoms with van der Waals surface area (Å²) in [6, 6.07) is 7.37. The quantitative estimate of drug-likeness (QED) is 0.909. The van der Waals surface area contributed by atoms with E-state index in [9.17, 15) is 4.79 Å². The summed E-state index contributed by atoms with van der Waals surface area (Å²) in [6.07, 6.45) is 3.29. The van der Waals surface area contributed by atoms with Gasteiger partial charge in [-0.2, -0.15) is 0 Å². The molecule has 0 atom stereocenters. The molecule has 0 radical (unpaired) electrons. The van der Waals surface area contributed by atoms with Gasteiger partial charge in [0.25, 0.3) is 5.91 Å². The van der Waals surface area contributed by atoms with Crippen LogP contribution in [0.5, 0.6) is 0 Å². The molecule has 21 heavy (non-hydrogen) atoms. The summed E-state index contributed by atoms with van der Waals surface area (Å²) in [5.41, 5.74) is 10.1. The van der Waals surface area contributed by atoms with Crippen LogP contribution in [0.25, 0.3) is 0 Å². The molecule has 0 bridgehead atoms. The average molecular weight is 328 g/mol. The number of benzene rings is 1. The number of carbonyl (C=O) groups is 1. The van der Waals surface area contributed by atoms with Gasteiger partial charge in [-0.1, -0.05) is 6.07 Å². The van der Waals surface area contributed by atoms with Crippen LogP contribution in [0, 0.1) is 13.8 Å². The molecule has 0 saturated heterocycles. The number of rotatable bonds is 3. The monoisotopic (exact) mass is 327 g/mol. The van der Waals surface area contributed by atoms with Crippen molar-refractivity contribution < 1.29 is 4.79 Å². The number of pyridine rings is 1. The van der Waals surface area contributed by atoms with Crippen molar-refractivity contribution in [3.05, 3.63) is 58.9 Å². The van der Waals surface area contributed by atoms with Gasteiger partial charge < -0.3 is 11.1 Å². The summed E-state index contributed by atoms with van der Waals surface area (Å²) in [5.74, 6) is -0.115. The lowest BCUT2D eigenvalue weighted by Gasteiger charge is -2.11. The minimum absolute atomic E-state index is 0. The first-order chi connectivity index (χ1) is 9.11. The average Bonchev–Trinajstić information content (AvgIpc) is 2.42. The topological polar surface area (TPSA) is 68.0 Å². The van der Waals surface area contributed by atoms with Crippen molar-refractivity contribution in [3.8, 4) is 0 Å². The van der Waals surface area contributed by atoms with Crippen LogP contribution in [0.15, 0.2) is 36.7 Å². The standard InChI is InChI=1S/C15H17N3O.2ClH/c1-10-8-14(11(2)7-12(10)9-16)15(19)18-13-3-5-17-6-4-13;;/h3-8H,9,16H2,1-2H3,(H,17,18,19);2*1H. The van der Waals surface area contributed by atoms with Gasteiger partial charge in [-0.05, 0) is 48.7 Å². The van der Waals surface area contributed by atoms with Crippen LogP contribution in [0.4, 0.5) is 5.69 Å². The number of nitrogens with one attached hydrogen (secondary N) is 1. The Morgan fingerprint density at radius 2 is 1.76 bits per heavy atom. The van der Waals surface area contributed by atoms with Crippen molar-refractivity contribution in [2.24, 2.45) is 5.73 Å². The Hall–Kier alpha value is -1.62. The summed E-state index contributed by atoms with van der Waals surface area (Å²) in [4.78, 5) is 16.1. The SMILES string of the molecule is Cc1cc(C(=O)Nc2ccncc2)c(C)cc1CN.Cl.Cl. The molecule has 6 heteroatoms. The van der Waals surface area contributed by atoms with Gasteiger partial charge in [-0.15, -0.1) is 24.8 Å². The first kappa shape index (κ1) is 19.4. The Bertz CT molecular complexity index is 603. The highest BCUT2D eigenvalue weighted by atomic mass is 35.5. The first-order valence-electron chi connectivity index (χ1n) is 6.13. The van der Waals surface area contributed by atoms with Crippen LogP contribution in [0.1, 0.15) is 27.0 Å². The molecule has 0 spiro atoms. The largest absolute Gasteiger partial charge is 0.326 e. The highest BCUT2D eigenvalue weighted by molar-refractivity contribution is 6.05. The molecule has 1 aromatic heterocycles. The van der Waals surface area contributed by atoms with Crippen LogP contribution in [0.2, 0.25) is 0 Å². The second kappa shape index (κ2) is 8.62. The Morgan fingerprint density at radius 1 is 1.14 bits per heavy atom. The number of aromatic nitrogens is 1. The molecule has 1 aromatic carbocycles. The third kappa shape index (κ3) is 4.70. The lowest BCUT2D eigenvalue weighted by atomic mass is 9.99. The van der Waals surface area contributed by atoms with Gasteiger partial charge in [0.15, 0.2) is 0 Å². The van der Waals surface area contributed by atoms with Gasteiger partial charge in [0.05, 0.1) is 0 Å². The number of hydrogen-bond donors (Lipinski definition) is 2. The number of nitrogens with zero attached hydrogens (tertiary/aromatic N) is 1. The van der Waals surface area contributed by atoms with E-state index in [0.29, 0.717) is 12.1 Å². The van der Waals surface area contributed by atoms with Crippen LogP contribution in [0.3, 0.4) is 0 Å². The summed E-state index contributed by atoms with van der Waals surface area (Å²) in [5, 5.41) is 2.85. The first-order valence-corrected chi connectivity index (χ1v) is 6.13. The van der Waals surface area contributed by atoms with E-state index in [1.54, 1.807) is 24.5 Å². The van der Waals surface area contributed by atoms with Gasteiger partial charge in [0, 0.05) is 30.2 Å². The third-order valence-corrected chi connectivity index (χ3v) is 3.09. The second-order valence-electron chi connectivity index (χ2n) is 4.49. The molecular formula is C15H19Cl2N3O. The van der Waals surface area contributed by atoms with E-state index >= 15 is 0 Å². The predicted molar refractivity (Wildman–Crippen MR) is 90.5 cm³/mol. The van der Waals surface area contributed by atoms with E-state index in [4.69, 9.17) is 5.73 Å². The fraction of sp³-hybridized carbons (Fsp3) is 0.200. The maximum atomic E-state index is 12.2. The summed E-state index contributed by atoms with van der Waals surface area (Å²) >= 11 is 0. The van der Waals surface area contributed by atoms with E-state index in [1.165, 1.54) is 0 Å². The van der Waals surface area contributed by atoms with Gasteiger partial charge in [0.1, 0.15) is 0 Å². The molecule has 4 nitrogen and oxygen atoms in total. The van der Waals surface area contributed by atoms with Crippen LogP contribution < -0.4 is 11.1 Å². The van der Waals surface area contributed by atoms with E-state index in [1.807, 2.05) is 26.0 Å². The van der Waals surface area contributed by atoms with Crippen molar-refractivity contribution in [2.75, 3.05) is 5.32 Å². The van der Waals surface area contributed by atoms with Crippen LogP contribution in [-0.2, 0) is 6.54 Å². The molecule has 0 unspecified atom stereocenters. The molecule has 0 fully saturated rings. The number of carbonyl (C=O) groups excluding carboxylic acids is 1. The third-order valence-electron chi connectivity index (χ3n) is 3.09. The van der Waals surface area contributed by atoms with Crippen molar-refractivity contribution in [1.82, 2.24) is 4.98 Å². The Morgan fingerprint density at radius 3 is 2.33 bits per heavy atom. The predicted octanol–water partition coefficient (Wildman–Crippen LogP) is 3.25. The molecule has 0 aliphatic rings. The number of hydrogen-bond acceptors (Lipinski definition) is 3. The maximum Gasteiger partial charge on any atom is 0.255 e. The number of nitrogens with two attached hydrogens (primary N) is 1. The zero-order valence-electron chi connectivity index (χ0n) is 11.9. The fourth-order valence-electron chi connectivity index (χ4n) is 1.97. The molecular weight excluding hydrogens is 309 g/mol. The van der Waals surface area contributed by atoms with Crippen molar-refractivity contribution in [2.45, 2.75) is 20.4 Å². The molecule has 3 N–H and O–H groups in total. The zero-order valence-corrected chi connectivity index (χ0v) is 13.6. The highest BCUT2D eigenvalue weighted by Gasteiger charge is 2.11. The minimum Gasteiger partial charge on any atom is -0.326 e. The van der Waals surface area contributed by atoms with Crippen molar-refractivity contribution >= 4 is 36.4 Å². The molecule has 114 valence electrons. The van der Waals surface area contributed by atoms with E-state index < -0.39 is 0 Å². The molecule has 1 heterocycles.